The molecule has 0 aromatic heterocycles. The quantitative estimate of drug-likeness (QED) is 0.265. The molecule has 0 spiro atoms. The number of urea groups is 1. The van der Waals surface area contributed by atoms with E-state index >= 15 is 0 Å². The van der Waals surface area contributed by atoms with Crippen LogP contribution < -0.4 is 10.6 Å². The van der Waals surface area contributed by atoms with Crippen LogP contribution in [0.3, 0.4) is 0 Å². The Hall–Kier alpha value is -4.74. The van der Waals surface area contributed by atoms with Gasteiger partial charge in [-0.1, -0.05) is 35.9 Å². The van der Waals surface area contributed by atoms with Gasteiger partial charge in [-0.05, 0) is 24.6 Å². The topological polar surface area (TPSA) is 162 Å². The number of aliphatic carboxylic acids is 1. The Morgan fingerprint density at radius 1 is 1.16 bits per heavy atom. The normalized spacial score (nSPS) is 15.5. The molecule has 0 radical (unpaired) electrons. The zero-order valence-electron chi connectivity index (χ0n) is 20.1. The van der Waals surface area contributed by atoms with Gasteiger partial charge in [-0.2, -0.15) is 0 Å². The van der Waals surface area contributed by atoms with Crippen molar-refractivity contribution in [3.8, 4) is 0 Å². The Bertz CT molecular complexity index is 1210. The van der Waals surface area contributed by atoms with Crippen LogP contribution in [0.5, 0.6) is 0 Å². The van der Waals surface area contributed by atoms with Gasteiger partial charge in [-0.15, -0.1) is 6.58 Å². The summed E-state index contributed by atoms with van der Waals surface area (Å²) in [6, 6.07) is 10.2. The molecule has 4 amide bonds. The lowest BCUT2D eigenvalue weighted by Gasteiger charge is -2.30. The fourth-order valence-corrected chi connectivity index (χ4v) is 3.99. The third-order valence-corrected chi connectivity index (χ3v) is 5.80. The second-order valence-corrected chi connectivity index (χ2v) is 8.42. The van der Waals surface area contributed by atoms with Crippen LogP contribution in [0.4, 0.5) is 10.5 Å². The predicted molar refractivity (Wildman–Crippen MR) is 133 cm³/mol. The van der Waals surface area contributed by atoms with Crippen molar-refractivity contribution in [2.45, 2.75) is 25.6 Å². The zero-order valence-corrected chi connectivity index (χ0v) is 20.1. The first kappa shape index (κ1) is 26.9. The monoisotopic (exact) mass is 509 g/mol. The smallest absolute Gasteiger partial charge is 0.319 e. The lowest BCUT2D eigenvalue weighted by atomic mass is 10.0. The number of carbonyl (C=O) groups is 4. The van der Waals surface area contributed by atoms with Crippen molar-refractivity contribution in [2.75, 3.05) is 19.6 Å². The minimum atomic E-state index is -1.38. The molecule has 1 fully saturated rings. The molecule has 2 atom stereocenters. The van der Waals surface area contributed by atoms with Gasteiger partial charge in [0, 0.05) is 37.3 Å². The lowest BCUT2D eigenvalue weighted by molar-refractivity contribution is -0.384. The van der Waals surface area contributed by atoms with Crippen molar-refractivity contribution >= 4 is 29.5 Å². The van der Waals surface area contributed by atoms with Crippen LogP contribution >= 0.6 is 0 Å². The van der Waals surface area contributed by atoms with E-state index in [4.69, 9.17) is 0 Å². The maximum Gasteiger partial charge on any atom is 0.319 e. The number of carboxylic acid groups (broad SMARTS) is 1. The van der Waals surface area contributed by atoms with Gasteiger partial charge in [0.1, 0.15) is 0 Å². The maximum absolute atomic E-state index is 13.5. The summed E-state index contributed by atoms with van der Waals surface area (Å²) >= 11 is 0. The molecule has 3 N–H and O–H groups in total. The maximum atomic E-state index is 13.5. The van der Waals surface area contributed by atoms with Crippen LogP contribution in [0.25, 0.3) is 0 Å². The molecule has 2 aromatic carbocycles. The molecule has 2 aromatic rings. The molecular formula is C25H27N5O7. The SMILES string of the molecule is C=CCNC(=O)N1CCN(C(=O)c2ccc(C)cc2)C1C(=O)NC(CC(=O)O)c1cccc([N+](=O)[O-])c1. The van der Waals surface area contributed by atoms with E-state index in [-0.39, 0.29) is 30.9 Å². The van der Waals surface area contributed by atoms with Gasteiger partial charge in [-0.3, -0.25) is 29.4 Å². The van der Waals surface area contributed by atoms with Crippen LogP contribution in [0.1, 0.15) is 33.9 Å². The molecule has 1 aliphatic rings. The summed E-state index contributed by atoms with van der Waals surface area (Å²) in [6.45, 7) is 5.65. The summed E-state index contributed by atoms with van der Waals surface area (Å²) in [4.78, 5) is 64.2. The number of aryl methyl sites for hydroxylation is 1. The third-order valence-electron chi connectivity index (χ3n) is 5.80. The van der Waals surface area contributed by atoms with Gasteiger partial charge in [0.2, 0.25) is 0 Å². The van der Waals surface area contributed by atoms with Gasteiger partial charge in [-0.25, -0.2) is 4.79 Å². The molecule has 12 heteroatoms. The highest BCUT2D eigenvalue weighted by molar-refractivity contribution is 5.99. The number of hydrogen-bond donors (Lipinski definition) is 3. The van der Waals surface area contributed by atoms with Gasteiger partial charge in [0.15, 0.2) is 6.17 Å². The van der Waals surface area contributed by atoms with Crippen molar-refractivity contribution in [2.24, 2.45) is 0 Å². The van der Waals surface area contributed by atoms with Crippen LogP contribution in [-0.4, -0.2) is 69.4 Å². The fourth-order valence-electron chi connectivity index (χ4n) is 3.99. The van der Waals surface area contributed by atoms with Crippen molar-refractivity contribution in [3.63, 3.8) is 0 Å². The molecule has 12 nitrogen and oxygen atoms in total. The van der Waals surface area contributed by atoms with E-state index in [1.807, 2.05) is 6.92 Å². The van der Waals surface area contributed by atoms with E-state index in [9.17, 15) is 34.4 Å². The van der Waals surface area contributed by atoms with E-state index in [1.165, 1.54) is 40.1 Å². The van der Waals surface area contributed by atoms with Gasteiger partial charge in [0.05, 0.1) is 17.4 Å². The Morgan fingerprint density at radius 2 is 1.84 bits per heavy atom. The first-order valence-electron chi connectivity index (χ1n) is 11.4. The highest BCUT2D eigenvalue weighted by Crippen LogP contribution is 2.24. The number of hydrogen-bond acceptors (Lipinski definition) is 6. The molecule has 1 saturated heterocycles. The predicted octanol–water partition coefficient (Wildman–Crippen LogP) is 2.21. The second-order valence-electron chi connectivity index (χ2n) is 8.42. The molecule has 1 heterocycles. The highest BCUT2D eigenvalue weighted by Gasteiger charge is 2.43. The number of nitro groups is 1. The highest BCUT2D eigenvalue weighted by atomic mass is 16.6. The molecule has 37 heavy (non-hydrogen) atoms. The van der Waals surface area contributed by atoms with Crippen molar-refractivity contribution in [1.29, 1.82) is 0 Å². The summed E-state index contributed by atoms with van der Waals surface area (Å²) in [5.41, 5.74) is 1.18. The second kappa shape index (κ2) is 11.8. The van der Waals surface area contributed by atoms with Crippen molar-refractivity contribution in [1.82, 2.24) is 20.4 Å². The number of benzene rings is 2. The minimum Gasteiger partial charge on any atom is -0.481 e. The van der Waals surface area contributed by atoms with E-state index < -0.39 is 47.4 Å². The molecule has 3 rings (SSSR count). The van der Waals surface area contributed by atoms with E-state index in [0.29, 0.717) is 5.56 Å². The molecule has 194 valence electrons. The zero-order chi connectivity index (χ0) is 27.1. The summed E-state index contributed by atoms with van der Waals surface area (Å²) in [5, 5.41) is 25.8. The number of carboxylic acids is 1. The van der Waals surface area contributed by atoms with Gasteiger partial charge < -0.3 is 20.6 Å². The largest absolute Gasteiger partial charge is 0.481 e. The number of carbonyl (C=O) groups excluding carboxylic acids is 3. The third kappa shape index (κ3) is 6.48. The average molecular weight is 510 g/mol. The Balaban J connectivity index is 1.94. The molecular weight excluding hydrogens is 482 g/mol. The fraction of sp³-hybridized carbons (Fsp3) is 0.280. The number of nitrogens with one attached hydrogen (secondary N) is 2. The summed E-state index contributed by atoms with van der Waals surface area (Å²) in [7, 11) is 0. The van der Waals surface area contributed by atoms with Crippen LogP contribution in [0.2, 0.25) is 0 Å². The number of amides is 4. The van der Waals surface area contributed by atoms with E-state index in [0.717, 1.165) is 5.56 Å². The summed E-state index contributed by atoms with van der Waals surface area (Å²) in [6.07, 6.45) is -0.494. The van der Waals surface area contributed by atoms with Crippen molar-refractivity contribution in [3.05, 3.63) is 88.0 Å². The minimum absolute atomic E-state index is 0.0546. The summed E-state index contributed by atoms with van der Waals surface area (Å²) in [5.74, 6) is -2.54. The summed E-state index contributed by atoms with van der Waals surface area (Å²) < 4.78 is 0. The molecule has 0 aliphatic carbocycles. The van der Waals surface area contributed by atoms with Crippen molar-refractivity contribution < 1.29 is 29.2 Å². The Morgan fingerprint density at radius 3 is 2.46 bits per heavy atom. The number of non-ortho nitro benzene ring substituents is 1. The molecule has 2 unspecified atom stereocenters. The first-order chi connectivity index (χ1) is 17.6. The lowest BCUT2D eigenvalue weighted by Crippen LogP contribution is -2.56. The molecule has 0 saturated carbocycles. The number of nitro benzene ring substituents is 1. The average Bonchev–Trinajstić information content (AvgIpc) is 3.32. The first-order valence-corrected chi connectivity index (χ1v) is 11.4. The van der Waals surface area contributed by atoms with Gasteiger partial charge in [0.25, 0.3) is 17.5 Å². The molecule has 1 aliphatic heterocycles. The number of nitrogens with zero attached hydrogens (tertiary/aromatic N) is 3. The Labute approximate surface area is 212 Å². The van der Waals surface area contributed by atoms with Crippen LogP contribution in [-0.2, 0) is 9.59 Å². The van der Waals surface area contributed by atoms with E-state index in [1.54, 1.807) is 24.3 Å². The Kier molecular flexibility index (Phi) is 8.56. The standard InChI is InChI=1S/C25H27N5O7/c1-3-11-26-25(35)29-13-12-28(24(34)17-9-7-16(2)8-10-17)23(29)22(33)27-20(15-21(31)32)18-5-4-6-19(14-18)30(36)37/h3-10,14,20,23H,1,11-13,15H2,2H3,(H,26,35)(H,27,33)(H,31,32). The van der Waals surface area contributed by atoms with Crippen LogP contribution in [0.15, 0.2) is 61.2 Å². The van der Waals surface area contributed by atoms with E-state index in [2.05, 4.69) is 17.2 Å². The molecule has 0 bridgehead atoms. The number of rotatable bonds is 9. The van der Waals surface area contributed by atoms with Gasteiger partial charge >= 0.3 is 12.0 Å². The van der Waals surface area contributed by atoms with Crippen LogP contribution in [0, 0.1) is 17.0 Å².